The van der Waals surface area contributed by atoms with Gasteiger partial charge in [0.25, 0.3) is 0 Å². The largest absolute Gasteiger partial charge is 0.484 e. The number of nitrogens with one attached hydrogen (secondary N) is 1. The lowest BCUT2D eigenvalue weighted by Crippen LogP contribution is -2.26. The highest BCUT2D eigenvalue weighted by Gasteiger charge is 2.30. The summed E-state index contributed by atoms with van der Waals surface area (Å²) >= 11 is 7.60. The Kier molecular flexibility index (Phi) is 7.33. The maximum Gasteiger partial charge on any atom is 0.230 e. The third kappa shape index (κ3) is 5.79. The van der Waals surface area contributed by atoms with Crippen molar-refractivity contribution in [2.45, 2.75) is 62.8 Å². The number of allylic oxidation sites excluding steroid dienone is 1. The second-order valence-electron chi connectivity index (χ2n) is 7.72. The first-order valence-corrected chi connectivity index (χ1v) is 12.0. The van der Waals surface area contributed by atoms with Crippen molar-refractivity contribution in [3.8, 4) is 5.75 Å². The van der Waals surface area contributed by atoms with Crippen LogP contribution in [0.15, 0.2) is 41.1 Å². The molecule has 30 heavy (non-hydrogen) atoms. The second kappa shape index (κ2) is 10.4. The van der Waals surface area contributed by atoms with Gasteiger partial charge < -0.3 is 10.1 Å². The van der Waals surface area contributed by atoms with Gasteiger partial charge in [0.2, 0.25) is 5.91 Å². The molecule has 0 unspecified atom stereocenters. The Morgan fingerprint density at radius 3 is 2.90 bits per heavy atom. The molecule has 0 saturated heterocycles. The Morgan fingerprint density at radius 1 is 1.27 bits per heavy atom. The molecule has 0 aliphatic heterocycles. The van der Waals surface area contributed by atoms with Crippen molar-refractivity contribution in [1.29, 1.82) is 0 Å². The maximum atomic E-state index is 12.3. The summed E-state index contributed by atoms with van der Waals surface area (Å²) in [6, 6.07) is 7.79. The highest BCUT2D eigenvalue weighted by molar-refractivity contribution is 7.99. The number of para-hydroxylation sites is 1. The number of nitrogens with zero attached hydrogens (tertiary/aromatic N) is 3. The summed E-state index contributed by atoms with van der Waals surface area (Å²) in [6.07, 6.45) is 10.4. The molecule has 1 amide bonds. The highest BCUT2D eigenvalue weighted by atomic mass is 35.5. The van der Waals surface area contributed by atoms with E-state index in [4.69, 9.17) is 16.3 Å². The van der Waals surface area contributed by atoms with Crippen LogP contribution in [0, 0.1) is 0 Å². The molecular formula is C22H27ClN4O2S. The van der Waals surface area contributed by atoms with Crippen molar-refractivity contribution in [3.05, 3.63) is 46.8 Å². The fourth-order valence-electron chi connectivity index (χ4n) is 3.58. The normalized spacial score (nSPS) is 16.2. The van der Waals surface area contributed by atoms with Gasteiger partial charge in [-0.25, -0.2) is 0 Å². The van der Waals surface area contributed by atoms with Crippen molar-refractivity contribution < 1.29 is 9.53 Å². The topological polar surface area (TPSA) is 69.0 Å². The number of thioether (sulfide) groups is 1. The standard InChI is InChI=1S/C22H27ClN4O2S/c23-18-8-4-5-9-19(18)29-14-20-25-26-22(27(20)17-10-11-17)30-15-21(28)24-13-12-16-6-2-1-3-7-16/h4-6,8-9,17H,1-3,7,10-15H2,(H,24,28). The number of halogens is 1. The second-order valence-corrected chi connectivity index (χ2v) is 9.07. The van der Waals surface area contributed by atoms with Crippen LogP contribution in [0.3, 0.4) is 0 Å². The molecular weight excluding hydrogens is 420 g/mol. The molecule has 2 aliphatic carbocycles. The number of rotatable bonds is 10. The van der Waals surface area contributed by atoms with Crippen LogP contribution in [0.4, 0.5) is 0 Å². The van der Waals surface area contributed by atoms with E-state index in [0.717, 1.165) is 30.2 Å². The Labute approximate surface area is 186 Å². The number of hydrogen-bond donors (Lipinski definition) is 1. The lowest BCUT2D eigenvalue weighted by atomic mass is 9.97. The third-order valence-electron chi connectivity index (χ3n) is 5.33. The molecule has 1 aromatic carbocycles. The van der Waals surface area contributed by atoms with Crippen LogP contribution in [0.1, 0.15) is 56.8 Å². The van der Waals surface area contributed by atoms with Crippen LogP contribution in [-0.4, -0.2) is 33.0 Å². The van der Waals surface area contributed by atoms with Crippen molar-refractivity contribution >= 4 is 29.3 Å². The lowest BCUT2D eigenvalue weighted by Gasteiger charge is -2.13. The molecule has 0 spiro atoms. The molecule has 0 atom stereocenters. The number of carbonyl (C=O) groups excluding carboxylic acids is 1. The zero-order chi connectivity index (χ0) is 20.8. The van der Waals surface area contributed by atoms with E-state index in [2.05, 4.69) is 26.2 Å². The third-order valence-corrected chi connectivity index (χ3v) is 6.58. The van der Waals surface area contributed by atoms with E-state index in [0.29, 0.717) is 35.7 Å². The van der Waals surface area contributed by atoms with Gasteiger partial charge in [0.15, 0.2) is 11.0 Å². The molecule has 2 aliphatic rings. The molecule has 160 valence electrons. The monoisotopic (exact) mass is 446 g/mol. The number of aromatic nitrogens is 3. The van der Waals surface area contributed by atoms with Gasteiger partial charge in [0.1, 0.15) is 12.4 Å². The van der Waals surface area contributed by atoms with Crippen molar-refractivity contribution in [3.63, 3.8) is 0 Å². The fourth-order valence-corrected chi connectivity index (χ4v) is 4.63. The Balaban J connectivity index is 1.28. The SMILES string of the molecule is O=C(CSc1nnc(COc2ccccc2Cl)n1C1CC1)NCCC1=CCCCC1. The number of amides is 1. The first kappa shape index (κ1) is 21.2. The van der Waals surface area contributed by atoms with Crippen molar-refractivity contribution in [2.75, 3.05) is 12.3 Å². The summed E-state index contributed by atoms with van der Waals surface area (Å²) in [7, 11) is 0. The molecule has 0 bridgehead atoms. The number of benzene rings is 1. The number of hydrogen-bond acceptors (Lipinski definition) is 5. The number of carbonyl (C=O) groups is 1. The van der Waals surface area contributed by atoms with E-state index < -0.39 is 0 Å². The van der Waals surface area contributed by atoms with E-state index in [1.165, 1.54) is 43.0 Å². The predicted octanol–water partition coefficient (Wildman–Crippen LogP) is 4.94. The molecule has 4 rings (SSSR count). The minimum Gasteiger partial charge on any atom is -0.484 e. The molecule has 1 N–H and O–H groups in total. The van der Waals surface area contributed by atoms with E-state index in [9.17, 15) is 4.79 Å². The van der Waals surface area contributed by atoms with Gasteiger partial charge in [-0.05, 0) is 57.1 Å². The van der Waals surface area contributed by atoms with Gasteiger partial charge in [-0.2, -0.15) is 0 Å². The van der Waals surface area contributed by atoms with Gasteiger partial charge in [-0.3, -0.25) is 9.36 Å². The van der Waals surface area contributed by atoms with E-state index in [1.54, 1.807) is 6.07 Å². The Bertz CT molecular complexity index is 910. The average molecular weight is 447 g/mol. The lowest BCUT2D eigenvalue weighted by molar-refractivity contribution is -0.118. The van der Waals surface area contributed by atoms with Crippen LogP contribution in [0.2, 0.25) is 5.02 Å². The van der Waals surface area contributed by atoms with Crippen LogP contribution in [0.5, 0.6) is 5.75 Å². The van der Waals surface area contributed by atoms with E-state index in [1.807, 2.05) is 18.2 Å². The van der Waals surface area contributed by atoms with Crippen LogP contribution in [0.25, 0.3) is 0 Å². The first-order valence-electron chi connectivity index (χ1n) is 10.6. The van der Waals surface area contributed by atoms with Gasteiger partial charge in [-0.15, -0.1) is 10.2 Å². The minimum absolute atomic E-state index is 0.0376. The summed E-state index contributed by atoms with van der Waals surface area (Å²) in [6.45, 7) is 1.01. The summed E-state index contributed by atoms with van der Waals surface area (Å²) in [5, 5.41) is 13.0. The quantitative estimate of drug-likeness (QED) is 0.413. The minimum atomic E-state index is 0.0376. The smallest absolute Gasteiger partial charge is 0.230 e. The average Bonchev–Trinajstić information content (AvgIpc) is 3.52. The number of ether oxygens (including phenoxy) is 1. The summed E-state index contributed by atoms with van der Waals surface area (Å²) in [4.78, 5) is 12.3. The Hall–Kier alpha value is -1.99. The predicted molar refractivity (Wildman–Crippen MR) is 119 cm³/mol. The zero-order valence-electron chi connectivity index (χ0n) is 17.0. The van der Waals surface area contributed by atoms with E-state index >= 15 is 0 Å². The molecule has 6 nitrogen and oxygen atoms in total. The van der Waals surface area contributed by atoms with Crippen molar-refractivity contribution in [2.24, 2.45) is 0 Å². The van der Waals surface area contributed by atoms with Crippen LogP contribution >= 0.6 is 23.4 Å². The van der Waals surface area contributed by atoms with Crippen LogP contribution < -0.4 is 10.1 Å². The molecule has 1 saturated carbocycles. The van der Waals surface area contributed by atoms with Gasteiger partial charge >= 0.3 is 0 Å². The molecule has 1 heterocycles. The molecule has 0 radical (unpaired) electrons. The fraction of sp³-hybridized carbons (Fsp3) is 0.500. The van der Waals surface area contributed by atoms with Gasteiger partial charge in [-0.1, -0.05) is 47.1 Å². The molecule has 2 aromatic rings. The molecule has 1 fully saturated rings. The summed E-state index contributed by atoms with van der Waals surface area (Å²) in [5.74, 6) is 1.78. The zero-order valence-corrected chi connectivity index (χ0v) is 18.6. The van der Waals surface area contributed by atoms with Crippen LogP contribution in [-0.2, 0) is 11.4 Å². The highest BCUT2D eigenvalue weighted by Crippen LogP contribution is 2.39. The van der Waals surface area contributed by atoms with Gasteiger partial charge in [0, 0.05) is 12.6 Å². The summed E-state index contributed by atoms with van der Waals surface area (Å²) < 4.78 is 7.95. The molecule has 1 aromatic heterocycles. The first-order chi connectivity index (χ1) is 14.7. The summed E-state index contributed by atoms with van der Waals surface area (Å²) in [5.41, 5.74) is 1.48. The molecule has 8 heteroatoms. The van der Waals surface area contributed by atoms with E-state index in [-0.39, 0.29) is 5.91 Å². The van der Waals surface area contributed by atoms with Crippen molar-refractivity contribution in [1.82, 2.24) is 20.1 Å². The maximum absolute atomic E-state index is 12.3. The Morgan fingerprint density at radius 2 is 2.13 bits per heavy atom. The van der Waals surface area contributed by atoms with Gasteiger partial charge in [0.05, 0.1) is 10.8 Å².